The van der Waals surface area contributed by atoms with Gasteiger partial charge in [0.2, 0.25) is 0 Å². The molecule has 0 amide bonds. The van der Waals surface area contributed by atoms with Gasteiger partial charge in [0, 0.05) is 24.6 Å². The first-order valence-electron chi connectivity index (χ1n) is 14.8. The highest BCUT2D eigenvalue weighted by atomic mass is 16.5. The summed E-state index contributed by atoms with van der Waals surface area (Å²) in [6, 6.07) is 0. The van der Waals surface area contributed by atoms with Gasteiger partial charge in [0.15, 0.2) is 0 Å². The first kappa shape index (κ1) is 24.4. The number of hydrogen-bond acceptors (Lipinski definition) is 5. The van der Waals surface area contributed by atoms with Crippen LogP contribution in [0.2, 0.25) is 0 Å². The van der Waals surface area contributed by atoms with Gasteiger partial charge < -0.3 is 19.5 Å². The van der Waals surface area contributed by atoms with E-state index in [4.69, 9.17) is 9.47 Å². The minimum atomic E-state index is -0.607. The third kappa shape index (κ3) is 3.94. The number of likely N-dealkylation sites (tertiary alicyclic amines) is 1. The number of carbonyl (C=O) groups excluding carboxylic acids is 1. The predicted molar refractivity (Wildman–Crippen MR) is 136 cm³/mol. The molecule has 6 aliphatic rings. The number of hydrogen-bond donors (Lipinski definition) is 1. The summed E-state index contributed by atoms with van der Waals surface area (Å²) in [6.07, 6.45) is 16.3. The minimum absolute atomic E-state index is 0.132. The quantitative estimate of drug-likeness (QED) is 0.418. The van der Waals surface area contributed by atoms with E-state index in [0.717, 1.165) is 43.8 Å². The van der Waals surface area contributed by atoms with Gasteiger partial charge in [-0.2, -0.15) is 0 Å². The summed E-state index contributed by atoms with van der Waals surface area (Å²) in [6.45, 7) is 9.99. The second-order valence-electron chi connectivity index (χ2n) is 13.5. The van der Waals surface area contributed by atoms with Crippen LogP contribution in [0.25, 0.3) is 0 Å². The van der Waals surface area contributed by atoms with Crippen molar-refractivity contribution in [3.05, 3.63) is 11.6 Å². The van der Waals surface area contributed by atoms with Crippen LogP contribution < -0.4 is 0 Å². The first-order chi connectivity index (χ1) is 16.8. The predicted octanol–water partition coefficient (Wildman–Crippen LogP) is 5.11. The van der Waals surface area contributed by atoms with Crippen LogP contribution in [0.15, 0.2) is 11.6 Å². The molecule has 1 saturated heterocycles. The van der Waals surface area contributed by atoms with Crippen molar-refractivity contribution in [3.63, 3.8) is 0 Å². The van der Waals surface area contributed by atoms with Crippen LogP contribution in [0.1, 0.15) is 90.9 Å². The largest absolute Gasteiger partial charge is 0.458 e. The monoisotopic (exact) mass is 485 g/mol. The lowest BCUT2D eigenvalue weighted by Gasteiger charge is -2.63. The summed E-state index contributed by atoms with van der Waals surface area (Å²) >= 11 is 0. The molecule has 0 spiro atoms. The smallest absolute Gasteiger partial charge is 0.331 e. The summed E-state index contributed by atoms with van der Waals surface area (Å²) < 4.78 is 11.7. The van der Waals surface area contributed by atoms with Gasteiger partial charge in [-0.15, -0.1) is 0 Å². The summed E-state index contributed by atoms with van der Waals surface area (Å²) in [5.41, 5.74) is 0.727. The van der Waals surface area contributed by atoms with Crippen molar-refractivity contribution in [2.75, 3.05) is 32.8 Å². The molecule has 0 aromatic heterocycles. The van der Waals surface area contributed by atoms with Crippen molar-refractivity contribution in [1.29, 1.82) is 0 Å². The van der Waals surface area contributed by atoms with E-state index >= 15 is 0 Å². The van der Waals surface area contributed by atoms with Crippen molar-refractivity contribution in [3.8, 4) is 0 Å². The molecule has 4 aliphatic carbocycles. The maximum Gasteiger partial charge on any atom is 0.331 e. The summed E-state index contributed by atoms with van der Waals surface area (Å²) in [5.74, 6) is 1.83. The van der Waals surface area contributed by atoms with E-state index < -0.39 is 5.60 Å². The highest BCUT2D eigenvalue weighted by Crippen LogP contribution is 2.70. The number of esters is 1. The highest BCUT2D eigenvalue weighted by Gasteiger charge is 2.67. The van der Waals surface area contributed by atoms with Gasteiger partial charge in [0.25, 0.3) is 0 Å². The fourth-order valence-corrected chi connectivity index (χ4v) is 10.1. The zero-order valence-electron chi connectivity index (χ0n) is 22.1. The van der Waals surface area contributed by atoms with E-state index in [-0.39, 0.29) is 17.3 Å². The first-order valence-corrected chi connectivity index (χ1v) is 14.8. The Kier molecular flexibility index (Phi) is 6.37. The van der Waals surface area contributed by atoms with E-state index in [2.05, 4.69) is 18.7 Å². The maximum absolute atomic E-state index is 12.4. The van der Waals surface area contributed by atoms with Gasteiger partial charge in [0.1, 0.15) is 6.61 Å². The highest BCUT2D eigenvalue weighted by molar-refractivity contribution is 5.85. The Balaban J connectivity index is 1.10. The molecule has 5 fully saturated rings. The van der Waals surface area contributed by atoms with Crippen molar-refractivity contribution >= 4 is 5.97 Å². The van der Waals surface area contributed by atoms with Crippen molar-refractivity contribution in [2.24, 2.45) is 34.5 Å². The van der Waals surface area contributed by atoms with Gasteiger partial charge >= 0.3 is 5.97 Å². The van der Waals surface area contributed by atoms with E-state index in [9.17, 15) is 9.90 Å². The normalized spacial score (nSPS) is 47.7. The van der Waals surface area contributed by atoms with E-state index in [1.54, 1.807) is 6.08 Å². The molecule has 35 heavy (non-hydrogen) atoms. The van der Waals surface area contributed by atoms with E-state index in [1.807, 2.05) is 0 Å². The van der Waals surface area contributed by atoms with E-state index in [1.165, 1.54) is 71.0 Å². The molecule has 6 rings (SSSR count). The van der Waals surface area contributed by atoms with Crippen molar-refractivity contribution in [1.82, 2.24) is 4.90 Å². The Hall–Kier alpha value is -0.910. The lowest BCUT2D eigenvalue weighted by molar-refractivity contribution is -0.209. The van der Waals surface area contributed by atoms with Gasteiger partial charge in [-0.1, -0.05) is 13.8 Å². The number of nitrogens with zero attached hydrogens (tertiary/aromatic N) is 1. The van der Waals surface area contributed by atoms with Crippen molar-refractivity contribution in [2.45, 2.75) is 103 Å². The van der Waals surface area contributed by atoms with Crippen LogP contribution in [-0.4, -0.2) is 60.5 Å². The van der Waals surface area contributed by atoms with Crippen LogP contribution in [0.4, 0.5) is 0 Å². The Morgan fingerprint density at radius 3 is 2.66 bits per heavy atom. The maximum atomic E-state index is 12.4. The molecule has 196 valence electrons. The number of carbonyl (C=O) groups is 1. The minimum Gasteiger partial charge on any atom is -0.458 e. The standard InChI is InChI=1S/C30H47NO4/c1-28-11-8-23(34-17-5-16-31-14-3-4-15-31)19-22(28)6-7-26-25(28)9-12-29(2)24(10-13-30(26,29)33)21-18-27(32)35-20-21/h18,22-26,33H,3-17,19-20H2,1-2H3/t22-,23+,24-,25+,26-,28+,29-,30+/m1/s1. The molecular weight excluding hydrogens is 438 g/mol. The molecule has 0 radical (unpaired) electrons. The Morgan fingerprint density at radius 2 is 1.89 bits per heavy atom. The molecule has 5 nitrogen and oxygen atoms in total. The molecule has 5 heteroatoms. The molecule has 8 atom stereocenters. The van der Waals surface area contributed by atoms with Crippen LogP contribution in [-0.2, 0) is 14.3 Å². The molecular formula is C30H47NO4. The number of ether oxygens (including phenoxy) is 2. The zero-order chi connectivity index (χ0) is 24.3. The lowest BCUT2D eigenvalue weighted by Crippen LogP contribution is -2.62. The topological polar surface area (TPSA) is 59.0 Å². The van der Waals surface area contributed by atoms with Crippen LogP contribution in [0.3, 0.4) is 0 Å². The summed E-state index contributed by atoms with van der Waals surface area (Å²) in [7, 11) is 0. The average Bonchev–Trinajstić information content (AvgIpc) is 3.56. The summed E-state index contributed by atoms with van der Waals surface area (Å²) in [5, 5.41) is 12.4. The van der Waals surface area contributed by atoms with Gasteiger partial charge in [-0.25, -0.2) is 4.79 Å². The SMILES string of the molecule is C[C@]12CC[C@H](OCCCN3CCCC3)C[C@H]1CC[C@@H]1[C@@H]2CC[C@]2(C)[C@@H](C3=CC(=O)OC3)CC[C@]12O. The second-order valence-corrected chi connectivity index (χ2v) is 13.5. The zero-order valence-corrected chi connectivity index (χ0v) is 22.1. The van der Waals surface area contributed by atoms with Crippen LogP contribution in [0.5, 0.6) is 0 Å². The average molecular weight is 486 g/mol. The number of aliphatic hydroxyl groups is 1. The van der Waals surface area contributed by atoms with Gasteiger partial charge in [0.05, 0.1) is 11.7 Å². The van der Waals surface area contributed by atoms with E-state index in [0.29, 0.717) is 30.0 Å². The van der Waals surface area contributed by atoms with Crippen molar-refractivity contribution < 1.29 is 19.4 Å². The third-order valence-corrected chi connectivity index (χ3v) is 12.1. The molecule has 0 unspecified atom stereocenters. The second kappa shape index (κ2) is 9.13. The Labute approximate surface area is 212 Å². The van der Waals surface area contributed by atoms with Gasteiger partial charge in [-0.05, 0) is 125 Å². The van der Waals surface area contributed by atoms with Crippen LogP contribution >= 0.6 is 0 Å². The fourth-order valence-electron chi connectivity index (χ4n) is 10.1. The Bertz CT molecular complexity index is 851. The number of rotatable bonds is 6. The molecule has 2 heterocycles. The number of fused-ring (bicyclic) bond motifs is 5. The molecule has 4 saturated carbocycles. The molecule has 0 aromatic carbocycles. The van der Waals surface area contributed by atoms with Crippen LogP contribution in [0, 0.1) is 34.5 Å². The molecule has 1 N–H and O–H groups in total. The van der Waals surface area contributed by atoms with Gasteiger partial charge in [-0.3, -0.25) is 0 Å². The molecule has 2 aliphatic heterocycles. The summed E-state index contributed by atoms with van der Waals surface area (Å²) in [4.78, 5) is 14.4. The Morgan fingerprint density at radius 1 is 1.06 bits per heavy atom. The fraction of sp³-hybridized carbons (Fsp3) is 0.900. The number of cyclic esters (lactones) is 1. The lowest BCUT2D eigenvalue weighted by atomic mass is 9.43. The molecule has 0 bridgehead atoms. The molecule has 0 aromatic rings. The third-order valence-electron chi connectivity index (χ3n) is 12.1.